The molecule has 0 atom stereocenters. The molecule has 0 heterocycles. The molecule has 0 saturated heterocycles. The number of aliphatic carboxylic acids is 2. The summed E-state index contributed by atoms with van der Waals surface area (Å²) < 4.78 is 0. The first kappa shape index (κ1) is 13.6. The van der Waals surface area contributed by atoms with Crippen molar-refractivity contribution in [3.63, 3.8) is 0 Å². The third-order valence-electron chi connectivity index (χ3n) is 1.55. The lowest BCUT2D eigenvalue weighted by Crippen LogP contribution is -2.08. The van der Waals surface area contributed by atoms with E-state index in [1.54, 1.807) is 0 Å². The van der Waals surface area contributed by atoms with Gasteiger partial charge in [0.05, 0.1) is 0 Å². The van der Waals surface area contributed by atoms with Crippen LogP contribution in [0.15, 0.2) is 49.1 Å². The summed E-state index contributed by atoms with van der Waals surface area (Å²) in [7, 11) is 0. The second-order valence-corrected chi connectivity index (χ2v) is 2.70. The van der Waals surface area contributed by atoms with Gasteiger partial charge in [0.2, 0.25) is 0 Å². The van der Waals surface area contributed by atoms with E-state index in [1.807, 2.05) is 36.4 Å². The molecule has 0 bridgehead atoms. The Morgan fingerprint density at radius 1 is 1.06 bits per heavy atom. The van der Waals surface area contributed by atoms with E-state index in [9.17, 15) is 9.59 Å². The number of hydrogen-bond donors (Lipinski definition) is 2. The largest absolute Gasteiger partial charge is 0.477 e. The quantitative estimate of drug-likeness (QED) is 0.464. The van der Waals surface area contributed by atoms with Crippen molar-refractivity contribution in [1.82, 2.24) is 0 Å². The first-order valence-electron chi connectivity index (χ1n) is 4.32. The Morgan fingerprint density at radius 2 is 1.50 bits per heavy atom. The zero-order chi connectivity index (χ0) is 12.6. The molecule has 0 radical (unpaired) electrons. The lowest BCUT2D eigenvalue weighted by molar-refractivity contribution is -0.140. The first-order valence-corrected chi connectivity index (χ1v) is 4.32. The molecule has 16 heavy (non-hydrogen) atoms. The van der Waals surface area contributed by atoms with Gasteiger partial charge in [0, 0.05) is 0 Å². The van der Waals surface area contributed by atoms with Crippen molar-refractivity contribution < 1.29 is 19.8 Å². The highest BCUT2D eigenvalue weighted by Gasteiger charge is 2.10. The molecule has 0 aliphatic heterocycles. The predicted octanol–water partition coefficient (Wildman–Crippen LogP) is 2.04. The van der Waals surface area contributed by atoms with Crippen molar-refractivity contribution >= 4 is 18.0 Å². The fraction of sp³-hybridized carbons (Fsp3) is 0. The van der Waals surface area contributed by atoms with Gasteiger partial charge in [-0.15, -0.1) is 0 Å². The Balaban J connectivity index is 0.000000281. The molecule has 4 heteroatoms. The number of rotatable bonds is 3. The van der Waals surface area contributed by atoms with Crippen LogP contribution in [0, 0.1) is 0 Å². The van der Waals surface area contributed by atoms with E-state index >= 15 is 0 Å². The molecule has 0 fully saturated rings. The van der Waals surface area contributed by atoms with Crippen molar-refractivity contribution in [1.29, 1.82) is 0 Å². The molecule has 1 rings (SSSR count). The molecular formula is C12H12O4. The summed E-state index contributed by atoms with van der Waals surface area (Å²) in [5, 5.41) is 15.7. The highest BCUT2D eigenvalue weighted by atomic mass is 16.4. The third kappa shape index (κ3) is 5.39. The van der Waals surface area contributed by atoms with Crippen LogP contribution >= 0.6 is 0 Å². The highest BCUT2D eigenvalue weighted by molar-refractivity contribution is 6.11. The van der Waals surface area contributed by atoms with E-state index in [1.165, 1.54) is 5.56 Å². The third-order valence-corrected chi connectivity index (χ3v) is 1.55. The Bertz CT molecular complexity index is 377. The summed E-state index contributed by atoms with van der Waals surface area (Å²) in [6, 6.07) is 10.0. The molecule has 0 aromatic heterocycles. The van der Waals surface area contributed by atoms with Gasteiger partial charge >= 0.3 is 11.9 Å². The van der Waals surface area contributed by atoms with Gasteiger partial charge in [-0.25, -0.2) is 9.59 Å². The molecule has 0 amide bonds. The van der Waals surface area contributed by atoms with E-state index < -0.39 is 17.5 Å². The molecule has 0 aliphatic carbocycles. The molecule has 1 aromatic rings. The maximum Gasteiger partial charge on any atom is 0.342 e. The van der Waals surface area contributed by atoms with Gasteiger partial charge < -0.3 is 10.2 Å². The molecule has 1 aromatic carbocycles. The zero-order valence-corrected chi connectivity index (χ0v) is 8.59. The SMILES string of the molecule is C=C(C(=O)O)C(=O)O.C=Cc1ccccc1. The van der Waals surface area contributed by atoms with E-state index in [0.717, 1.165) is 0 Å². The molecule has 0 unspecified atom stereocenters. The van der Waals surface area contributed by atoms with Crippen LogP contribution in [0.5, 0.6) is 0 Å². The van der Waals surface area contributed by atoms with E-state index in [-0.39, 0.29) is 0 Å². The van der Waals surface area contributed by atoms with Crippen molar-refractivity contribution in [3.05, 3.63) is 54.6 Å². The van der Waals surface area contributed by atoms with Crippen LogP contribution in [0.25, 0.3) is 6.08 Å². The van der Waals surface area contributed by atoms with Gasteiger partial charge in [0.25, 0.3) is 0 Å². The topological polar surface area (TPSA) is 74.6 Å². The number of hydrogen-bond acceptors (Lipinski definition) is 2. The molecule has 0 spiro atoms. The Labute approximate surface area is 93.2 Å². The minimum Gasteiger partial charge on any atom is -0.477 e. The minimum atomic E-state index is -1.50. The van der Waals surface area contributed by atoms with Gasteiger partial charge in [0.1, 0.15) is 5.57 Å². The number of benzene rings is 1. The fourth-order valence-electron chi connectivity index (χ4n) is 0.681. The average Bonchev–Trinajstić information content (AvgIpc) is 2.29. The fourth-order valence-corrected chi connectivity index (χ4v) is 0.681. The summed E-state index contributed by atoms with van der Waals surface area (Å²) in [6.45, 7) is 6.39. The first-order chi connectivity index (χ1) is 7.49. The van der Waals surface area contributed by atoms with Crippen LogP contribution in [-0.4, -0.2) is 22.2 Å². The van der Waals surface area contributed by atoms with Crippen molar-refractivity contribution in [2.45, 2.75) is 0 Å². The second-order valence-electron chi connectivity index (χ2n) is 2.70. The Kier molecular flexibility index (Phi) is 5.97. The molecule has 0 saturated carbocycles. The molecule has 0 aliphatic rings. The number of carbonyl (C=O) groups is 2. The van der Waals surface area contributed by atoms with Crippen LogP contribution in [-0.2, 0) is 9.59 Å². The van der Waals surface area contributed by atoms with Crippen LogP contribution in [0.4, 0.5) is 0 Å². The van der Waals surface area contributed by atoms with E-state index in [4.69, 9.17) is 10.2 Å². The van der Waals surface area contributed by atoms with Gasteiger partial charge in [-0.1, -0.05) is 49.6 Å². The predicted molar refractivity (Wildman–Crippen MR) is 60.9 cm³/mol. The normalized spacial score (nSPS) is 8.25. The van der Waals surface area contributed by atoms with E-state index in [0.29, 0.717) is 0 Å². The maximum absolute atomic E-state index is 9.66. The van der Waals surface area contributed by atoms with Crippen LogP contribution < -0.4 is 0 Å². The summed E-state index contributed by atoms with van der Waals surface area (Å²) >= 11 is 0. The highest BCUT2D eigenvalue weighted by Crippen LogP contribution is 1.97. The maximum atomic E-state index is 9.66. The number of carboxylic acids is 2. The summed E-state index contributed by atoms with van der Waals surface area (Å²) in [6.07, 6.45) is 1.83. The zero-order valence-electron chi connectivity index (χ0n) is 8.59. The Morgan fingerprint density at radius 3 is 1.69 bits per heavy atom. The van der Waals surface area contributed by atoms with Crippen molar-refractivity contribution in [3.8, 4) is 0 Å². The number of carboxylic acid groups (broad SMARTS) is 2. The van der Waals surface area contributed by atoms with Crippen molar-refractivity contribution in [2.24, 2.45) is 0 Å². The van der Waals surface area contributed by atoms with Gasteiger partial charge in [-0.3, -0.25) is 0 Å². The lowest BCUT2D eigenvalue weighted by atomic mass is 10.2. The van der Waals surface area contributed by atoms with E-state index in [2.05, 4.69) is 13.2 Å². The summed E-state index contributed by atoms with van der Waals surface area (Å²) in [5.74, 6) is -3.00. The molecule has 4 nitrogen and oxygen atoms in total. The molecule has 84 valence electrons. The molecule has 2 N–H and O–H groups in total. The van der Waals surface area contributed by atoms with Crippen LogP contribution in [0.3, 0.4) is 0 Å². The average molecular weight is 220 g/mol. The second kappa shape index (κ2) is 7.00. The van der Waals surface area contributed by atoms with Gasteiger partial charge in [0.15, 0.2) is 0 Å². The summed E-state index contributed by atoms with van der Waals surface area (Å²) in [4.78, 5) is 19.3. The van der Waals surface area contributed by atoms with Crippen molar-refractivity contribution in [2.75, 3.05) is 0 Å². The summed E-state index contributed by atoms with van der Waals surface area (Å²) in [5.41, 5.74) is 0.359. The van der Waals surface area contributed by atoms with Crippen LogP contribution in [0.2, 0.25) is 0 Å². The molecular weight excluding hydrogens is 208 g/mol. The van der Waals surface area contributed by atoms with Gasteiger partial charge in [-0.2, -0.15) is 0 Å². The lowest BCUT2D eigenvalue weighted by Gasteiger charge is -1.86. The Hall–Kier alpha value is -2.36. The van der Waals surface area contributed by atoms with Gasteiger partial charge in [-0.05, 0) is 5.56 Å². The standard InChI is InChI=1S/C8H8.C4H4O4/c1-2-8-6-4-3-5-7-8;1-2(3(5)6)4(7)8/h2-7H,1H2;1H2,(H,5,6)(H,7,8). The minimum absolute atomic E-state index is 0.815. The smallest absolute Gasteiger partial charge is 0.342 e. The monoisotopic (exact) mass is 220 g/mol. The van der Waals surface area contributed by atoms with Crippen LogP contribution in [0.1, 0.15) is 5.56 Å².